The summed E-state index contributed by atoms with van der Waals surface area (Å²) in [5, 5.41) is 5.47. The third-order valence-corrected chi connectivity index (χ3v) is 5.17. The molecule has 2 aromatic rings. The van der Waals surface area contributed by atoms with E-state index in [1.807, 2.05) is 43.3 Å². The highest BCUT2D eigenvalue weighted by Crippen LogP contribution is 2.25. The number of hydrogen-bond acceptors (Lipinski definition) is 4. The number of ether oxygens (including phenoxy) is 1. The Kier molecular flexibility index (Phi) is 6.72. The van der Waals surface area contributed by atoms with Crippen molar-refractivity contribution in [2.24, 2.45) is 0 Å². The van der Waals surface area contributed by atoms with Crippen molar-refractivity contribution in [1.82, 2.24) is 15.5 Å². The summed E-state index contributed by atoms with van der Waals surface area (Å²) in [6.45, 7) is 2.19. The summed E-state index contributed by atoms with van der Waals surface area (Å²) < 4.78 is 5.84. The number of benzene rings is 2. The zero-order valence-corrected chi connectivity index (χ0v) is 17.5. The molecule has 7 heteroatoms. The van der Waals surface area contributed by atoms with Crippen molar-refractivity contribution in [3.8, 4) is 16.9 Å². The molecule has 2 N–H and O–H groups in total. The second-order valence-corrected chi connectivity index (χ2v) is 7.47. The van der Waals surface area contributed by atoms with E-state index >= 15 is 0 Å². The van der Waals surface area contributed by atoms with Gasteiger partial charge in [0, 0.05) is 26.1 Å². The topological polar surface area (TPSA) is 87.7 Å². The Labute approximate surface area is 176 Å². The maximum atomic E-state index is 13.1. The van der Waals surface area contributed by atoms with E-state index in [1.165, 1.54) is 11.9 Å². The minimum atomic E-state index is -0.750. The first-order valence-electron chi connectivity index (χ1n) is 10.0. The number of hydrogen-bond donors (Lipinski definition) is 2. The van der Waals surface area contributed by atoms with E-state index < -0.39 is 6.04 Å². The number of rotatable bonds is 1. The highest BCUT2D eigenvalue weighted by atomic mass is 16.5. The predicted octanol–water partition coefficient (Wildman–Crippen LogP) is 2.22. The average Bonchev–Trinajstić information content (AvgIpc) is 2.76. The summed E-state index contributed by atoms with van der Waals surface area (Å²) in [5.74, 6) is -0.0864. The van der Waals surface area contributed by atoms with E-state index in [2.05, 4.69) is 10.6 Å². The number of carbonyl (C=O) groups is 3. The lowest BCUT2D eigenvalue weighted by Gasteiger charge is -2.27. The second kappa shape index (κ2) is 9.43. The first-order chi connectivity index (χ1) is 14.4. The summed E-state index contributed by atoms with van der Waals surface area (Å²) in [6.07, 6.45) is 0.343. The molecule has 1 aliphatic rings. The first kappa shape index (κ1) is 21.4. The predicted molar refractivity (Wildman–Crippen MR) is 114 cm³/mol. The monoisotopic (exact) mass is 409 g/mol. The zero-order valence-electron chi connectivity index (χ0n) is 17.5. The van der Waals surface area contributed by atoms with E-state index in [1.54, 1.807) is 19.2 Å². The molecule has 4 bridgehead atoms. The molecule has 0 spiro atoms. The van der Waals surface area contributed by atoms with Crippen molar-refractivity contribution in [1.29, 1.82) is 0 Å². The van der Waals surface area contributed by atoms with Gasteiger partial charge < -0.3 is 20.3 Å². The van der Waals surface area contributed by atoms with E-state index in [9.17, 15) is 14.4 Å². The number of nitrogens with zero attached hydrogens (tertiary/aromatic N) is 1. The Morgan fingerprint density at radius 1 is 1.10 bits per heavy atom. The fraction of sp³-hybridized carbons (Fsp3) is 0.348. The van der Waals surface area contributed by atoms with Crippen molar-refractivity contribution < 1.29 is 19.1 Å². The summed E-state index contributed by atoms with van der Waals surface area (Å²) >= 11 is 0. The number of fused-ring (bicyclic) bond motifs is 5. The van der Waals surface area contributed by atoms with Crippen LogP contribution in [0, 0.1) is 0 Å². The van der Waals surface area contributed by atoms with Crippen LogP contribution in [0.4, 0.5) is 0 Å². The Balaban J connectivity index is 2.01. The molecule has 2 aromatic carbocycles. The third kappa shape index (κ3) is 4.97. The number of nitrogens with one attached hydrogen (secondary N) is 2. The Morgan fingerprint density at radius 3 is 2.50 bits per heavy atom. The van der Waals surface area contributed by atoms with Crippen LogP contribution in [0.3, 0.4) is 0 Å². The van der Waals surface area contributed by atoms with E-state index in [4.69, 9.17) is 4.74 Å². The molecule has 30 heavy (non-hydrogen) atoms. The van der Waals surface area contributed by atoms with Gasteiger partial charge in [-0.2, -0.15) is 0 Å². The van der Waals surface area contributed by atoms with Crippen LogP contribution in [0.5, 0.6) is 5.75 Å². The molecule has 158 valence electrons. The number of likely N-dealkylation sites (N-methyl/N-ethyl adjacent to an activating group) is 2. The van der Waals surface area contributed by atoms with Gasteiger partial charge in [0.15, 0.2) is 0 Å². The molecule has 2 atom stereocenters. The lowest BCUT2D eigenvalue weighted by Crippen LogP contribution is -2.47. The minimum absolute atomic E-state index is 0.121. The smallest absolute Gasteiger partial charge is 0.254 e. The van der Waals surface area contributed by atoms with Gasteiger partial charge in [0.1, 0.15) is 18.4 Å². The van der Waals surface area contributed by atoms with Gasteiger partial charge in [-0.15, -0.1) is 0 Å². The third-order valence-electron chi connectivity index (χ3n) is 5.17. The highest BCUT2D eigenvalue weighted by Gasteiger charge is 2.28. The molecule has 0 aliphatic carbocycles. The molecule has 3 amide bonds. The molecule has 3 rings (SSSR count). The molecular formula is C23H27N3O4. The van der Waals surface area contributed by atoms with E-state index in [-0.39, 0.29) is 36.6 Å². The van der Waals surface area contributed by atoms with Crippen LogP contribution in [0.2, 0.25) is 0 Å². The fourth-order valence-electron chi connectivity index (χ4n) is 3.49. The first-order valence-corrected chi connectivity index (χ1v) is 10.0. The van der Waals surface area contributed by atoms with Crippen LogP contribution in [0.25, 0.3) is 11.1 Å². The van der Waals surface area contributed by atoms with Crippen LogP contribution < -0.4 is 15.4 Å². The average molecular weight is 409 g/mol. The van der Waals surface area contributed by atoms with Crippen LogP contribution in [0.15, 0.2) is 48.5 Å². The molecular weight excluding hydrogens is 382 g/mol. The minimum Gasteiger partial charge on any atom is -0.491 e. The van der Waals surface area contributed by atoms with Gasteiger partial charge in [-0.1, -0.05) is 24.3 Å². The Morgan fingerprint density at radius 2 is 1.77 bits per heavy atom. The molecule has 1 heterocycles. The normalized spacial score (nSPS) is 20.2. The maximum absolute atomic E-state index is 13.1. The van der Waals surface area contributed by atoms with Gasteiger partial charge in [-0.25, -0.2) is 0 Å². The van der Waals surface area contributed by atoms with Crippen molar-refractivity contribution in [3.63, 3.8) is 0 Å². The van der Waals surface area contributed by atoms with Crippen LogP contribution in [-0.2, 0) is 9.59 Å². The van der Waals surface area contributed by atoms with E-state index in [0.717, 1.165) is 11.1 Å². The van der Waals surface area contributed by atoms with Crippen LogP contribution in [-0.4, -0.2) is 55.4 Å². The molecule has 0 saturated carbocycles. The molecule has 0 saturated heterocycles. The Hall–Kier alpha value is -3.35. The van der Waals surface area contributed by atoms with Gasteiger partial charge >= 0.3 is 0 Å². The van der Waals surface area contributed by atoms with Crippen molar-refractivity contribution >= 4 is 17.7 Å². The maximum Gasteiger partial charge on any atom is 0.254 e. The SMILES string of the molecule is CNC(=O)[C@@H]1CCC(=O)N[C@@H](C)COc2cccc(c2)-c2cccc(c2)C(=O)N1C. The summed E-state index contributed by atoms with van der Waals surface area (Å²) in [6, 6.07) is 13.9. The Bertz CT molecular complexity index is 944. The zero-order chi connectivity index (χ0) is 21.7. The van der Waals surface area contributed by atoms with Crippen molar-refractivity contribution in [2.75, 3.05) is 20.7 Å². The summed E-state index contributed by atoms with van der Waals surface area (Å²) in [7, 11) is 3.11. The van der Waals surface area contributed by atoms with Crippen molar-refractivity contribution in [3.05, 3.63) is 54.1 Å². The second-order valence-electron chi connectivity index (χ2n) is 7.47. The van der Waals surface area contributed by atoms with Gasteiger partial charge in [0.2, 0.25) is 11.8 Å². The summed E-state index contributed by atoms with van der Waals surface area (Å²) in [4.78, 5) is 39.3. The largest absolute Gasteiger partial charge is 0.491 e. The van der Waals surface area contributed by atoms with Gasteiger partial charge in [-0.3, -0.25) is 14.4 Å². The van der Waals surface area contributed by atoms with Gasteiger partial charge in [0.25, 0.3) is 5.91 Å². The fourth-order valence-corrected chi connectivity index (χ4v) is 3.49. The van der Waals surface area contributed by atoms with Crippen LogP contribution >= 0.6 is 0 Å². The van der Waals surface area contributed by atoms with E-state index in [0.29, 0.717) is 17.9 Å². The lowest BCUT2D eigenvalue weighted by atomic mass is 10.0. The number of carbonyl (C=O) groups excluding carboxylic acids is 3. The van der Waals surface area contributed by atoms with Crippen LogP contribution in [0.1, 0.15) is 30.1 Å². The molecule has 1 aliphatic heterocycles. The summed E-state index contributed by atoms with van der Waals surface area (Å²) in [5.41, 5.74) is 2.27. The quantitative estimate of drug-likeness (QED) is 0.756. The molecule has 7 nitrogen and oxygen atoms in total. The molecule has 0 radical (unpaired) electrons. The number of amides is 3. The lowest BCUT2D eigenvalue weighted by molar-refractivity contribution is -0.126. The van der Waals surface area contributed by atoms with Crippen molar-refractivity contribution in [2.45, 2.75) is 31.8 Å². The van der Waals surface area contributed by atoms with Gasteiger partial charge in [0.05, 0.1) is 6.04 Å². The highest BCUT2D eigenvalue weighted by molar-refractivity contribution is 5.98. The van der Waals surface area contributed by atoms with Gasteiger partial charge in [-0.05, 0) is 48.7 Å². The molecule has 0 aromatic heterocycles. The molecule has 0 fully saturated rings. The standard InChI is InChI=1S/C23H27N3O4/c1-15-14-30-19-9-5-7-17(13-19)16-6-4-8-18(12-16)23(29)26(3)20(22(28)24-2)10-11-21(27)25-15/h4-9,12-13,15,20H,10-11,14H2,1-3H3,(H,24,28)(H,25,27)/t15-,20-/m0/s1. The molecule has 0 unspecified atom stereocenters.